The van der Waals surface area contributed by atoms with E-state index in [1.54, 1.807) is 0 Å². The van der Waals surface area contributed by atoms with Crippen LogP contribution in [0.25, 0.3) is 0 Å². The maximum atomic E-state index is 11.3. The van der Waals surface area contributed by atoms with Crippen LogP contribution < -0.4 is 37.7 Å². The summed E-state index contributed by atoms with van der Waals surface area (Å²) in [6.07, 6.45) is 2.10. The van der Waals surface area contributed by atoms with Crippen molar-refractivity contribution in [2.24, 2.45) is 23.2 Å². The fourth-order valence-electron chi connectivity index (χ4n) is 2.79. The van der Waals surface area contributed by atoms with Crippen molar-refractivity contribution in [1.82, 2.24) is 0 Å². The zero-order valence-corrected chi connectivity index (χ0v) is 12.1. The molecular formula is C12H22Li2O4. The van der Waals surface area contributed by atoms with Crippen molar-refractivity contribution in [2.75, 3.05) is 0 Å². The normalized spacial score (nSPS) is 27.6. The number of rotatable bonds is 2. The predicted molar refractivity (Wildman–Crippen MR) is 61.3 cm³/mol. The smallest absolute Gasteiger partial charge is 1.00 e. The van der Waals surface area contributed by atoms with E-state index in [-0.39, 0.29) is 51.9 Å². The Morgan fingerprint density at radius 1 is 1.06 bits per heavy atom. The summed E-state index contributed by atoms with van der Waals surface area (Å²) < 4.78 is 0. The van der Waals surface area contributed by atoms with Gasteiger partial charge in [0.05, 0.1) is 11.8 Å². The van der Waals surface area contributed by atoms with Gasteiger partial charge in [-0.05, 0) is 24.2 Å². The summed E-state index contributed by atoms with van der Waals surface area (Å²) in [5.41, 5.74) is -0.156. The van der Waals surface area contributed by atoms with Crippen LogP contribution in [-0.4, -0.2) is 22.2 Å². The summed E-state index contributed by atoms with van der Waals surface area (Å²) in [4.78, 5) is 22.3. The van der Waals surface area contributed by atoms with Crippen molar-refractivity contribution in [2.45, 2.75) is 40.0 Å². The third kappa shape index (κ3) is 4.67. The van der Waals surface area contributed by atoms with Crippen LogP contribution >= 0.6 is 0 Å². The first-order chi connectivity index (χ1) is 7.25. The van der Waals surface area contributed by atoms with Crippen LogP contribution in [0.4, 0.5) is 0 Å². The van der Waals surface area contributed by atoms with Crippen molar-refractivity contribution < 1.29 is 60.4 Å². The molecule has 0 saturated heterocycles. The van der Waals surface area contributed by atoms with Crippen LogP contribution in [0.2, 0.25) is 0 Å². The van der Waals surface area contributed by atoms with Crippen LogP contribution in [0, 0.1) is 23.2 Å². The summed E-state index contributed by atoms with van der Waals surface area (Å²) in [6, 6.07) is 0. The quantitative estimate of drug-likeness (QED) is 0.494. The Labute approximate surface area is 135 Å². The van der Waals surface area contributed by atoms with Gasteiger partial charge in [0.2, 0.25) is 0 Å². The third-order valence-electron chi connectivity index (χ3n) is 3.61. The van der Waals surface area contributed by atoms with E-state index in [1.165, 1.54) is 0 Å². The van der Waals surface area contributed by atoms with Gasteiger partial charge in [-0.25, -0.2) is 0 Å². The molecule has 6 heteroatoms. The molecule has 96 valence electrons. The molecule has 3 unspecified atom stereocenters. The molecule has 0 amide bonds. The minimum Gasteiger partial charge on any atom is -1.00 e. The summed E-state index contributed by atoms with van der Waals surface area (Å²) in [6.45, 7) is 5.95. The van der Waals surface area contributed by atoms with Gasteiger partial charge >= 0.3 is 49.7 Å². The number of aliphatic carboxylic acids is 2. The molecule has 1 rings (SSSR count). The fourth-order valence-corrected chi connectivity index (χ4v) is 2.79. The molecule has 2 N–H and O–H groups in total. The second-order valence-corrected chi connectivity index (χ2v) is 5.71. The van der Waals surface area contributed by atoms with Crippen molar-refractivity contribution in [3.63, 3.8) is 0 Å². The van der Waals surface area contributed by atoms with E-state index in [0.29, 0.717) is 6.42 Å². The average Bonchev–Trinajstić information content (AvgIpc) is 2.14. The molecule has 1 saturated carbocycles. The van der Waals surface area contributed by atoms with Gasteiger partial charge in [0.15, 0.2) is 0 Å². The average molecular weight is 244 g/mol. The number of hydrogen-bond donors (Lipinski definition) is 2. The Morgan fingerprint density at radius 3 is 1.89 bits per heavy atom. The SMILES string of the molecule is CC(C)(C)C1CCCC(C(=O)O)C1C(=O)O.[H-].[H-].[Li+].[Li+]. The van der Waals surface area contributed by atoms with Gasteiger partial charge in [-0.15, -0.1) is 0 Å². The molecule has 1 fully saturated rings. The summed E-state index contributed by atoms with van der Waals surface area (Å²) in [5.74, 6) is -3.46. The molecule has 0 bridgehead atoms. The molecule has 4 nitrogen and oxygen atoms in total. The van der Waals surface area contributed by atoms with Gasteiger partial charge in [0, 0.05) is 0 Å². The minimum absolute atomic E-state index is 0. The largest absolute Gasteiger partial charge is 1.00 e. The zero-order chi connectivity index (χ0) is 12.5. The Morgan fingerprint density at radius 2 is 1.56 bits per heavy atom. The van der Waals surface area contributed by atoms with Crippen molar-refractivity contribution in [3.05, 3.63) is 0 Å². The van der Waals surface area contributed by atoms with Gasteiger partial charge in [0.1, 0.15) is 0 Å². The van der Waals surface area contributed by atoms with E-state index in [1.807, 2.05) is 20.8 Å². The first-order valence-electron chi connectivity index (χ1n) is 5.70. The summed E-state index contributed by atoms with van der Waals surface area (Å²) in [5, 5.41) is 18.3. The molecule has 1 aliphatic rings. The van der Waals surface area contributed by atoms with E-state index in [2.05, 4.69) is 0 Å². The monoisotopic (exact) mass is 244 g/mol. The van der Waals surface area contributed by atoms with E-state index in [9.17, 15) is 14.7 Å². The second kappa shape index (κ2) is 7.66. The number of hydrogen-bond acceptors (Lipinski definition) is 2. The van der Waals surface area contributed by atoms with Crippen molar-refractivity contribution in [3.8, 4) is 0 Å². The molecular weight excluding hydrogens is 222 g/mol. The van der Waals surface area contributed by atoms with Crippen LogP contribution in [0.15, 0.2) is 0 Å². The molecule has 18 heavy (non-hydrogen) atoms. The number of carboxylic acid groups (broad SMARTS) is 2. The molecule has 0 heterocycles. The first kappa shape index (κ1) is 20.5. The Hall–Kier alpha value is 0.135. The van der Waals surface area contributed by atoms with Gasteiger partial charge < -0.3 is 13.1 Å². The van der Waals surface area contributed by atoms with Crippen molar-refractivity contribution in [1.29, 1.82) is 0 Å². The van der Waals surface area contributed by atoms with Gasteiger partial charge in [-0.2, -0.15) is 0 Å². The van der Waals surface area contributed by atoms with E-state index in [4.69, 9.17) is 5.11 Å². The molecule has 0 aliphatic heterocycles. The van der Waals surface area contributed by atoms with Gasteiger partial charge in [0.25, 0.3) is 0 Å². The number of carboxylic acids is 2. The van der Waals surface area contributed by atoms with Crippen LogP contribution in [0.3, 0.4) is 0 Å². The standard InChI is InChI=1S/C12H20O4.2Li.2H/c1-12(2,3)8-6-4-5-7(10(13)14)9(8)11(15)16;;;;/h7-9H,4-6H2,1-3H3,(H,13,14)(H,15,16);;;;/q;2*+1;2*-1. The van der Waals surface area contributed by atoms with Crippen molar-refractivity contribution >= 4 is 11.9 Å². The van der Waals surface area contributed by atoms with Crippen LogP contribution in [0.5, 0.6) is 0 Å². The molecule has 3 atom stereocenters. The molecule has 0 aromatic heterocycles. The van der Waals surface area contributed by atoms with E-state index < -0.39 is 23.8 Å². The molecule has 0 spiro atoms. The minimum atomic E-state index is -0.971. The van der Waals surface area contributed by atoms with Gasteiger partial charge in [-0.3, -0.25) is 9.59 Å². The maximum absolute atomic E-state index is 11.3. The summed E-state index contributed by atoms with van der Waals surface area (Å²) in [7, 11) is 0. The Bertz CT molecular complexity index is 308. The second-order valence-electron chi connectivity index (χ2n) is 5.71. The summed E-state index contributed by atoms with van der Waals surface area (Å²) >= 11 is 0. The van der Waals surface area contributed by atoms with E-state index >= 15 is 0 Å². The molecule has 0 aromatic rings. The van der Waals surface area contributed by atoms with Gasteiger partial charge in [-0.1, -0.05) is 27.2 Å². The molecule has 0 aromatic carbocycles. The molecule has 1 aliphatic carbocycles. The zero-order valence-electron chi connectivity index (χ0n) is 14.1. The Kier molecular flexibility index (Phi) is 8.70. The number of carbonyl (C=O) groups is 2. The van der Waals surface area contributed by atoms with E-state index in [0.717, 1.165) is 12.8 Å². The Balaban J connectivity index is -0.000000320. The third-order valence-corrected chi connectivity index (χ3v) is 3.61. The fraction of sp³-hybridized carbons (Fsp3) is 0.833. The van der Waals surface area contributed by atoms with Crippen LogP contribution in [0.1, 0.15) is 42.9 Å². The maximum Gasteiger partial charge on any atom is 1.00 e. The predicted octanol–water partition coefficient (Wildman–Crippen LogP) is -3.53. The first-order valence-corrected chi connectivity index (χ1v) is 5.70. The van der Waals surface area contributed by atoms with Crippen LogP contribution in [-0.2, 0) is 9.59 Å². The molecule has 0 radical (unpaired) electrons. The topological polar surface area (TPSA) is 74.6 Å².